The van der Waals surface area contributed by atoms with Crippen LogP contribution in [0.5, 0.6) is 46.0 Å². The third kappa shape index (κ3) is 28.3. The first-order chi connectivity index (χ1) is 61.1. The van der Waals surface area contributed by atoms with E-state index in [1.807, 2.05) is 0 Å². The number of hydrogen-bond donors (Lipinski definition) is 0. The minimum absolute atomic E-state index is 0. The second kappa shape index (κ2) is 52.5. The van der Waals surface area contributed by atoms with Gasteiger partial charge < -0.3 is 89.4 Å². The van der Waals surface area contributed by atoms with Gasteiger partial charge in [0.15, 0.2) is 0 Å². The predicted octanol–water partition coefficient (Wildman–Crippen LogP) is 26.3. The molecule has 21 nitrogen and oxygen atoms in total. The van der Waals surface area contributed by atoms with E-state index in [2.05, 4.69) is 190 Å². The average Bonchev–Trinajstić information content (AvgIpc) is 1.55. The van der Waals surface area contributed by atoms with Gasteiger partial charge in [0.2, 0.25) is 0 Å². The molecule has 0 atom stereocenters. The summed E-state index contributed by atoms with van der Waals surface area (Å²) in [6, 6.07) is 0. The number of thioether (sulfide) groups is 4. The molecule has 7 aromatic rings. The number of ether oxygens (including phenoxy) is 8. The van der Waals surface area contributed by atoms with Crippen molar-refractivity contribution in [3.05, 3.63) is 20.1 Å². The summed E-state index contributed by atoms with van der Waals surface area (Å²) in [5.74, 6) is 9.11. The van der Waals surface area contributed by atoms with Gasteiger partial charge in [-0.25, -0.2) is 9.97 Å². The molecule has 0 unspecified atom stereocenters. The Morgan fingerprint density at radius 3 is 0.758 bits per heavy atom. The van der Waals surface area contributed by atoms with Gasteiger partial charge in [0, 0.05) is 80.2 Å². The Bertz CT molecular complexity index is 4640. The van der Waals surface area contributed by atoms with Gasteiger partial charge in [-0.3, -0.25) is 0 Å². The average molecular weight is 1970 g/mol. The Kier molecular flexibility index (Phi) is 44.6. The molecule has 0 N–H and O–H groups in total. The molecule has 0 fully saturated rings. The number of fused-ring (bicyclic) bond motifs is 20. The van der Waals surface area contributed by atoms with Gasteiger partial charge in [-0.2, -0.15) is 0 Å². The van der Waals surface area contributed by atoms with Crippen LogP contribution in [0.4, 0.5) is 0 Å². The molecule has 8 bridgehead atoms. The van der Waals surface area contributed by atoms with Crippen LogP contribution in [0.3, 0.4) is 0 Å². The second-order valence-electron chi connectivity index (χ2n) is 37.3. The molecule has 0 spiro atoms. The molecule has 0 radical (unpaired) electrons. The van der Waals surface area contributed by atoms with Crippen LogP contribution < -0.4 is 47.9 Å². The van der Waals surface area contributed by atoms with Crippen molar-refractivity contribution >= 4 is 138 Å². The molecular weight excluding hydrogens is 1810 g/mol. The van der Waals surface area contributed by atoms with E-state index in [0.29, 0.717) is 231 Å². The Morgan fingerprint density at radius 1 is 0.312 bits per heavy atom. The number of quaternary nitrogens is 2. The van der Waals surface area contributed by atoms with Crippen molar-refractivity contribution < 1.29 is 70.8 Å². The Hall–Kier alpha value is -4.58. The Balaban J connectivity index is 0.00000646. The fourth-order valence-electron chi connectivity index (χ4n) is 14.4. The zero-order valence-electron chi connectivity index (χ0n) is 83.9. The summed E-state index contributed by atoms with van der Waals surface area (Å²) in [6.45, 7) is 66.0. The molecule has 0 saturated carbocycles. The van der Waals surface area contributed by atoms with Crippen LogP contribution >= 0.6 is 93.5 Å². The van der Waals surface area contributed by atoms with E-state index in [4.69, 9.17) is 128 Å². The van der Waals surface area contributed by atoms with E-state index < -0.39 is 0 Å². The molecule has 5 heterocycles. The summed E-state index contributed by atoms with van der Waals surface area (Å²) < 4.78 is 69.0. The summed E-state index contributed by atoms with van der Waals surface area (Å²) >= 11 is 40.7. The van der Waals surface area contributed by atoms with E-state index in [1.165, 1.54) is 0 Å². The van der Waals surface area contributed by atoms with Crippen molar-refractivity contribution in [3.8, 4) is 91.5 Å². The van der Waals surface area contributed by atoms with E-state index in [9.17, 15) is 0 Å². The topological polar surface area (TPSA) is 203 Å². The van der Waals surface area contributed by atoms with Crippen LogP contribution in [0.15, 0.2) is 19.6 Å². The van der Waals surface area contributed by atoms with E-state index in [-0.39, 0.29) is 96.1 Å². The van der Waals surface area contributed by atoms with Crippen molar-refractivity contribution in [2.45, 2.75) is 237 Å². The fraction of sp³-hybridized carbons (Fsp3) is 0.673. The zero-order valence-corrected chi connectivity index (χ0v) is 89.6. The van der Waals surface area contributed by atoms with Gasteiger partial charge in [-0.15, -0.1) is 47.0 Å². The molecule has 2 aliphatic rings. The van der Waals surface area contributed by atoms with Crippen LogP contribution in [0.2, 0.25) is 20.1 Å². The molecule has 0 saturated heterocycles. The van der Waals surface area contributed by atoms with Crippen molar-refractivity contribution in [1.29, 1.82) is 0 Å². The molecule has 715 valence electrons. The van der Waals surface area contributed by atoms with Crippen LogP contribution in [-0.2, 0) is 21.0 Å². The summed E-state index contributed by atoms with van der Waals surface area (Å²) in [7, 11) is 4.61. The van der Waals surface area contributed by atoms with Gasteiger partial charge in [0.05, 0.1) is 171 Å². The summed E-state index contributed by atoms with van der Waals surface area (Å²) in [5, 5.41) is 3.41. The molecule has 0 aliphatic carbocycles. The number of hydrogen-bond acceptors (Lipinski definition) is 21. The molecule has 2 aliphatic heterocycles. The van der Waals surface area contributed by atoms with Crippen LogP contribution in [-0.4, -0.2) is 217 Å². The zero-order chi connectivity index (χ0) is 94.0. The molecule has 3 aromatic heterocycles. The molecular formula is C98H152Cl4N12O9S4V. The van der Waals surface area contributed by atoms with Gasteiger partial charge >= 0.3 is 21.0 Å². The normalized spacial score (nSPS) is 12.5. The summed E-state index contributed by atoms with van der Waals surface area (Å²) in [5.41, 5.74) is 2.73. The third-order valence-electron chi connectivity index (χ3n) is 24.2. The monoisotopic (exact) mass is 1960 g/mol. The maximum absolute atomic E-state index is 8.29. The third-order valence-corrected chi connectivity index (χ3v) is 30.3. The van der Waals surface area contributed by atoms with E-state index >= 15 is 0 Å². The first-order valence-corrected chi connectivity index (χ1v) is 53.3. The van der Waals surface area contributed by atoms with Crippen LogP contribution in [0, 0.1) is 47.3 Å². The van der Waals surface area contributed by atoms with E-state index in [0.717, 1.165) is 131 Å². The quantitative estimate of drug-likeness (QED) is 0.0257. The SMILES string of the molecule is CCN(CC)CCSc1c(Cl)c(OCCC(C)C)c2c3nc4nc(nc5[n-]c(nc6nc(nc([n-]3)c2c1OCCC(C)C)-c1c(OCCC(C)C)c(Cl)c(SCC[N+](C)(CC)CC)c(OCCC(C)C)c1-6)c1c(OCCC(C)C)c(Cl)c(SCCN(CC)CC)c(OCCC(C)C)c51)-c1c(OCCC(C)C)c(Cl)c(SCC[N+](C)(CC)CC)c(OCCC(C)C)c1-4.[3H-].[3H-].[O]=[V+2]. The van der Waals surface area contributed by atoms with Gasteiger partial charge in [0.25, 0.3) is 0 Å². The molecule has 30 heteroatoms. The van der Waals surface area contributed by atoms with Gasteiger partial charge in [-0.1, -0.05) is 185 Å². The Labute approximate surface area is 816 Å². The number of nitrogens with zero attached hydrogens (tertiary/aromatic N) is 12. The standard InChI is InChI=1S/C98H150Cl4N12O8S4.O.V.2H/c1-27-111(28-2)43-55-123-87-75(99)79(115-47-35-59(9)10)67-71(83(87)119-51-39-63(17)18)95-103-91(67)107-97-74-70(82(118-50-38-62(15)16)78(102)90(86(74)122-54-42-66(23)24)126-58-46-114(26,33-7)34-8)94(110-97)106-96-72-68(80(116-48-36-60(11)12)76(100)88(84(72)120-52-40-64(19)20)124-56-44-112(29-3)30-4)92(104-96)108-98-73-69(93(105-95)109-98)81(117-49-37-61(13)14)77(101)89(85(73)121-53-41-65(21)22)125-57-45-113(25,31-5)32-6;;;;/h59-66H,27-58H2,1-26H3;;;;/q;;+2;2*-1/i;;;2*1+2. The number of rotatable bonds is 56. The molecule has 128 heavy (non-hydrogen) atoms. The van der Waals surface area contributed by atoms with Crippen molar-refractivity contribution in [3.63, 3.8) is 0 Å². The first-order valence-electron chi connectivity index (χ1n) is 47.3. The first kappa shape index (κ1) is 109. The maximum atomic E-state index is 8.29. The Morgan fingerprint density at radius 2 is 0.516 bits per heavy atom. The van der Waals surface area contributed by atoms with Gasteiger partial charge in [-0.05, 0) is 153 Å². The second-order valence-corrected chi connectivity index (χ2v) is 43.3. The number of benzene rings is 4. The molecule has 9 rings (SSSR count). The van der Waals surface area contributed by atoms with Crippen molar-refractivity contribution in [1.82, 2.24) is 49.7 Å². The van der Waals surface area contributed by atoms with E-state index in [1.54, 1.807) is 47.0 Å². The van der Waals surface area contributed by atoms with Crippen LogP contribution in [0.25, 0.3) is 89.7 Å². The minimum atomic E-state index is 0. The predicted molar refractivity (Wildman–Crippen MR) is 539 cm³/mol. The van der Waals surface area contributed by atoms with Gasteiger partial charge in [0.1, 0.15) is 66.1 Å². The van der Waals surface area contributed by atoms with Crippen molar-refractivity contribution in [2.24, 2.45) is 47.3 Å². The van der Waals surface area contributed by atoms with Crippen LogP contribution in [0.1, 0.15) is 220 Å². The summed E-state index contributed by atoms with van der Waals surface area (Å²) in [4.78, 5) is 54.7. The fourth-order valence-corrected chi connectivity index (χ4v) is 20.7. The molecule has 0 amide bonds. The summed E-state index contributed by atoms with van der Waals surface area (Å²) in [6.07, 6.45) is 5.70. The number of halogens is 4. The van der Waals surface area contributed by atoms with Crippen molar-refractivity contribution in [2.75, 3.05) is 168 Å². The number of aromatic nitrogens is 8. The molecule has 4 aromatic carbocycles.